The summed E-state index contributed by atoms with van der Waals surface area (Å²) < 4.78 is 0. The van der Waals surface area contributed by atoms with Crippen molar-refractivity contribution in [1.82, 2.24) is 0 Å². The summed E-state index contributed by atoms with van der Waals surface area (Å²) in [6, 6.07) is 0. The van der Waals surface area contributed by atoms with E-state index in [-0.39, 0.29) is 0 Å². The zero-order valence-electron chi connectivity index (χ0n) is 7.90. The quantitative estimate of drug-likeness (QED) is 0.702. The molecule has 0 amide bonds. The molecule has 0 atom stereocenters. The molecular weight excluding hydrogens is 184 g/mol. The van der Waals surface area contributed by atoms with Crippen molar-refractivity contribution in [3.8, 4) is 0 Å². The SMILES string of the molecule is CCCCCS1(C(=O)O)C=CC=C1. The van der Waals surface area contributed by atoms with Crippen LogP contribution < -0.4 is 0 Å². The van der Waals surface area contributed by atoms with Gasteiger partial charge >= 0.3 is 5.30 Å². The highest BCUT2D eigenvalue weighted by Crippen LogP contribution is 2.54. The van der Waals surface area contributed by atoms with Crippen molar-refractivity contribution in [1.29, 1.82) is 0 Å². The van der Waals surface area contributed by atoms with Gasteiger partial charge in [-0.25, -0.2) is 4.79 Å². The lowest BCUT2D eigenvalue weighted by molar-refractivity contribution is 0.221. The van der Waals surface area contributed by atoms with Crippen molar-refractivity contribution < 1.29 is 9.90 Å². The molecule has 1 heterocycles. The van der Waals surface area contributed by atoms with Gasteiger partial charge in [-0.2, -0.15) is 0 Å². The summed E-state index contributed by atoms with van der Waals surface area (Å²) in [4.78, 5) is 11.1. The molecule has 0 unspecified atom stereocenters. The van der Waals surface area contributed by atoms with Gasteiger partial charge in [-0.15, -0.1) is 10.0 Å². The summed E-state index contributed by atoms with van der Waals surface area (Å²) in [5.74, 6) is 0.809. The standard InChI is InChI=1S/C10H16O2S/c1-2-3-4-7-13(10(11)12)8-5-6-9-13/h5-6,8-9H,2-4,7H2,1H3,(H,11,12). The first-order chi connectivity index (χ1) is 6.21. The molecule has 3 heteroatoms. The molecule has 0 aromatic heterocycles. The molecule has 0 bridgehead atoms. The van der Waals surface area contributed by atoms with Crippen LogP contribution in [0.3, 0.4) is 0 Å². The summed E-state index contributed by atoms with van der Waals surface area (Å²) in [7, 11) is -1.59. The molecule has 2 nitrogen and oxygen atoms in total. The summed E-state index contributed by atoms with van der Waals surface area (Å²) in [5.41, 5.74) is 0. The predicted molar refractivity (Wildman–Crippen MR) is 58.3 cm³/mol. The third-order valence-corrected chi connectivity index (χ3v) is 5.06. The van der Waals surface area contributed by atoms with E-state index in [1.54, 1.807) is 0 Å². The van der Waals surface area contributed by atoms with E-state index in [0.717, 1.165) is 25.0 Å². The second kappa shape index (κ2) is 4.51. The van der Waals surface area contributed by atoms with Crippen LogP contribution in [-0.2, 0) is 0 Å². The van der Waals surface area contributed by atoms with E-state index in [1.165, 1.54) is 0 Å². The molecule has 1 rings (SSSR count). The average molecular weight is 200 g/mol. The van der Waals surface area contributed by atoms with E-state index < -0.39 is 15.3 Å². The van der Waals surface area contributed by atoms with Gasteiger partial charge in [0.2, 0.25) is 0 Å². The molecular formula is C10H16O2S. The summed E-state index contributed by atoms with van der Waals surface area (Å²) in [5, 5.41) is 12.2. The molecule has 13 heavy (non-hydrogen) atoms. The summed E-state index contributed by atoms with van der Waals surface area (Å²) >= 11 is 0. The molecule has 0 saturated heterocycles. The molecule has 1 N–H and O–H groups in total. The Morgan fingerprint density at radius 2 is 1.92 bits per heavy atom. The minimum Gasteiger partial charge on any atom is -0.474 e. The number of hydrogen-bond donors (Lipinski definition) is 1. The molecule has 0 saturated carbocycles. The monoisotopic (exact) mass is 200 g/mol. The Kier molecular flexibility index (Phi) is 3.60. The maximum atomic E-state index is 11.1. The predicted octanol–water partition coefficient (Wildman–Crippen LogP) is 3.70. The molecule has 1 aliphatic heterocycles. The third-order valence-electron chi connectivity index (χ3n) is 2.16. The average Bonchev–Trinajstić information content (AvgIpc) is 2.55. The van der Waals surface area contributed by atoms with Gasteiger partial charge in [-0.3, -0.25) is 0 Å². The maximum Gasteiger partial charge on any atom is 0.354 e. The van der Waals surface area contributed by atoms with Gasteiger partial charge in [-0.1, -0.05) is 31.9 Å². The summed E-state index contributed by atoms with van der Waals surface area (Å²) in [6.07, 6.45) is 7.00. The van der Waals surface area contributed by atoms with Gasteiger partial charge in [0.25, 0.3) is 0 Å². The Morgan fingerprint density at radius 1 is 1.31 bits per heavy atom. The fraction of sp³-hybridized carbons (Fsp3) is 0.500. The van der Waals surface area contributed by atoms with E-state index in [0.29, 0.717) is 0 Å². The van der Waals surface area contributed by atoms with Crippen molar-refractivity contribution in [2.24, 2.45) is 0 Å². The Hall–Kier alpha value is -0.700. The van der Waals surface area contributed by atoms with Crippen molar-refractivity contribution in [2.75, 3.05) is 5.75 Å². The lowest BCUT2D eigenvalue weighted by Crippen LogP contribution is -2.07. The van der Waals surface area contributed by atoms with Gasteiger partial charge in [-0.05, 0) is 23.0 Å². The van der Waals surface area contributed by atoms with Crippen LogP contribution in [0.4, 0.5) is 4.79 Å². The Bertz CT molecular complexity index is 231. The van der Waals surface area contributed by atoms with Crippen LogP contribution in [0, 0.1) is 0 Å². The summed E-state index contributed by atoms with van der Waals surface area (Å²) in [6.45, 7) is 2.13. The number of allylic oxidation sites excluding steroid dienone is 2. The fourth-order valence-electron chi connectivity index (χ4n) is 1.35. The van der Waals surface area contributed by atoms with E-state index in [1.807, 2.05) is 23.0 Å². The van der Waals surface area contributed by atoms with Crippen molar-refractivity contribution >= 4 is 15.3 Å². The first-order valence-corrected chi connectivity index (χ1v) is 6.53. The second-order valence-corrected chi connectivity index (χ2v) is 6.18. The number of unbranched alkanes of at least 4 members (excludes halogenated alkanes) is 2. The second-order valence-electron chi connectivity index (χ2n) is 3.18. The minimum absolute atomic E-state index is 0.645. The van der Waals surface area contributed by atoms with Crippen LogP contribution in [0.15, 0.2) is 23.0 Å². The van der Waals surface area contributed by atoms with Crippen molar-refractivity contribution in [2.45, 2.75) is 26.2 Å². The number of hydrogen-bond acceptors (Lipinski definition) is 1. The van der Waals surface area contributed by atoms with Gasteiger partial charge in [0, 0.05) is 0 Å². The molecule has 0 aromatic carbocycles. The molecule has 0 aliphatic carbocycles. The van der Waals surface area contributed by atoms with E-state index in [9.17, 15) is 4.79 Å². The highest BCUT2D eigenvalue weighted by atomic mass is 32.3. The zero-order valence-corrected chi connectivity index (χ0v) is 8.72. The Labute approximate surface area is 80.7 Å². The molecule has 1 aliphatic rings. The van der Waals surface area contributed by atoms with E-state index in [4.69, 9.17) is 5.11 Å². The smallest absolute Gasteiger partial charge is 0.354 e. The molecule has 0 radical (unpaired) electrons. The van der Waals surface area contributed by atoms with Crippen LogP contribution in [0.2, 0.25) is 0 Å². The number of carboxylic acid groups (broad SMARTS) is 1. The largest absolute Gasteiger partial charge is 0.474 e. The number of rotatable bonds is 4. The zero-order chi connectivity index (χ0) is 9.73. The Morgan fingerprint density at radius 3 is 2.38 bits per heavy atom. The highest BCUT2D eigenvalue weighted by Gasteiger charge is 2.27. The first kappa shape index (κ1) is 10.4. The first-order valence-electron chi connectivity index (χ1n) is 4.60. The van der Waals surface area contributed by atoms with Crippen LogP contribution in [0.1, 0.15) is 26.2 Å². The van der Waals surface area contributed by atoms with Crippen molar-refractivity contribution in [3.63, 3.8) is 0 Å². The van der Waals surface area contributed by atoms with Crippen LogP contribution in [0.25, 0.3) is 0 Å². The number of carbonyl (C=O) groups is 1. The third kappa shape index (κ3) is 2.37. The van der Waals surface area contributed by atoms with Gasteiger partial charge in [0.1, 0.15) is 0 Å². The van der Waals surface area contributed by atoms with Crippen LogP contribution >= 0.6 is 10.0 Å². The van der Waals surface area contributed by atoms with Crippen molar-refractivity contribution in [3.05, 3.63) is 23.0 Å². The van der Waals surface area contributed by atoms with Crippen LogP contribution in [-0.4, -0.2) is 16.2 Å². The van der Waals surface area contributed by atoms with Gasteiger partial charge in [0.15, 0.2) is 0 Å². The lowest BCUT2D eigenvalue weighted by atomic mass is 10.3. The van der Waals surface area contributed by atoms with Gasteiger partial charge in [0.05, 0.1) is 0 Å². The van der Waals surface area contributed by atoms with Crippen LogP contribution in [0.5, 0.6) is 0 Å². The maximum absolute atomic E-state index is 11.1. The van der Waals surface area contributed by atoms with Gasteiger partial charge < -0.3 is 5.11 Å². The molecule has 0 spiro atoms. The molecule has 74 valence electrons. The molecule has 0 fully saturated rings. The topological polar surface area (TPSA) is 37.3 Å². The van der Waals surface area contributed by atoms with E-state index in [2.05, 4.69) is 6.92 Å². The molecule has 0 aromatic rings. The highest BCUT2D eigenvalue weighted by molar-refractivity contribution is 8.49. The Balaban J connectivity index is 2.54. The van der Waals surface area contributed by atoms with E-state index >= 15 is 0 Å². The fourth-order valence-corrected chi connectivity index (χ4v) is 3.54. The lowest BCUT2D eigenvalue weighted by Gasteiger charge is -2.25. The normalized spacial score (nSPS) is 20.4. The minimum atomic E-state index is -1.59.